The molecular weight excluding hydrogens is 504 g/mol. The number of nitrogens with zero attached hydrogens (tertiary/aromatic N) is 2. The third-order valence-electron chi connectivity index (χ3n) is 6.11. The normalized spacial score (nSPS) is 15.1. The van der Waals surface area contributed by atoms with Crippen LogP contribution in [0, 0.1) is 0 Å². The molecule has 0 bridgehead atoms. The average Bonchev–Trinajstić information content (AvgIpc) is 2.95. The minimum absolute atomic E-state index is 0.285. The van der Waals surface area contributed by atoms with Crippen LogP contribution in [0.4, 0.5) is 28.8 Å². The van der Waals surface area contributed by atoms with Crippen LogP contribution in [-0.4, -0.2) is 42.7 Å². The van der Waals surface area contributed by atoms with Crippen molar-refractivity contribution in [3.05, 3.63) is 84.0 Å². The molecule has 2 heterocycles. The van der Waals surface area contributed by atoms with Gasteiger partial charge in [-0.2, -0.15) is 4.98 Å². The largest absolute Gasteiger partial charge is 0.495 e. The molecule has 0 saturated carbocycles. The molecule has 1 fully saturated rings. The summed E-state index contributed by atoms with van der Waals surface area (Å²) in [5.41, 5.74) is 2.68. The van der Waals surface area contributed by atoms with Gasteiger partial charge >= 0.3 is 0 Å². The maximum absolute atomic E-state index is 12.2. The maximum Gasteiger partial charge on any atom is 0.247 e. The molecule has 9 nitrogen and oxygen atoms in total. The summed E-state index contributed by atoms with van der Waals surface area (Å²) in [6.07, 6.45) is 2.38. The predicted octanol–water partition coefficient (Wildman–Crippen LogP) is 5.56. The molecule has 1 amide bonds. The van der Waals surface area contributed by atoms with Crippen LogP contribution in [0.15, 0.2) is 73.4 Å². The molecule has 1 saturated heterocycles. The summed E-state index contributed by atoms with van der Waals surface area (Å²) < 4.78 is 11.7. The van der Waals surface area contributed by atoms with Crippen LogP contribution in [0.3, 0.4) is 0 Å². The first-order valence-electron chi connectivity index (χ1n) is 12.1. The number of morpholine rings is 1. The number of rotatable bonds is 8. The van der Waals surface area contributed by atoms with E-state index in [1.54, 1.807) is 19.2 Å². The summed E-state index contributed by atoms with van der Waals surface area (Å²) in [5.74, 6) is 0.920. The van der Waals surface area contributed by atoms with Crippen molar-refractivity contribution in [2.75, 3.05) is 42.8 Å². The predicted molar refractivity (Wildman–Crippen MR) is 151 cm³/mol. The van der Waals surface area contributed by atoms with E-state index in [0.717, 1.165) is 23.0 Å². The van der Waals surface area contributed by atoms with E-state index < -0.39 is 0 Å². The second-order valence-electron chi connectivity index (χ2n) is 8.56. The standard InChI is InChI=1S/C28H27ClN6O3/c1-3-24(36)33-21-10-11-22(37-2)26(25(21)23-16-30-12-13-38-23)34-28-31-15-20(29)27(35-28)32-19-9-8-17-6-4-5-7-18(17)14-19/h3-11,14-15,23,30H,1,12-13,16H2,2H3,(H,33,36)(H2,31,32,34,35). The highest BCUT2D eigenvalue weighted by atomic mass is 35.5. The van der Waals surface area contributed by atoms with E-state index in [2.05, 4.69) is 43.9 Å². The Bertz CT molecular complexity index is 1490. The van der Waals surface area contributed by atoms with Crippen molar-refractivity contribution in [2.24, 2.45) is 0 Å². The molecule has 4 aromatic rings. The zero-order chi connectivity index (χ0) is 26.5. The molecule has 0 aliphatic carbocycles. The summed E-state index contributed by atoms with van der Waals surface area (Å²) in [6.45, 7) is 5.37. The minimum Gasteiger partial charge on any atom is -0.495 e. The number of amides is 1. The molecule has 194 valence electrons. The number of nitrogens with one attached hydrogen (secondary N) is 4. The fourth-order valence-electron chi connectivity index (χ4n) is 4.31. The molecule has 0 spiro atoms. The Hall–Kier alpha value is -4.18. The molecule has 3 aromatic carbocycles. The van der Waals surface area contributed by atoms with Gasteiger partial charge in [-0.3, -0.25) is 4.79 Å². The van der Waals surface area contributed by atoms with Gasteiger partial charge in [0.2, 0.25) is 11.9 Å². The smallest absolute Gasteiger partial charge is 0.247 e. The van der Waals surface area contributed by atoms with Gasteiger partial charge in [0.05, 0.1) is 31.7 Å². The molecule has 5 rings (SSSR count). The topological polar surface area (TPSA) is 109 Å². The molecule has 1 atom stereocenters. The number of aromatic nitrogens is 2. The third kappa shape index (κ3) is 5.55. The van der Waals surface area contributed by atoms with E-state index in [1.807, 2.05) is 36.4 Å². The van der Waals surface area contributed by atoms with E-state index >= 15 is 0 Å². The maximum atomic E-state index is 12.2. The molecule has 1 aliphatic heterocycles. The quantitative estimate of drug-likeness (QED) is 0.219. The Labute approximate surface area is 225 Å². The number of fused-ring (bicyclic) bond motifs is 1. The van der Waals surface area contributed by atoms with Gasteiger partial charge in [0.15, 0.2) is 5.82 Å². The first kappa shape index (κ1) is 25.5. The van der Waals surface area contributed by atoms with Crippen molar-refractivity contribution in [3.8, 4) is 5.75 Å². The fourth-order valence-corrected chi connectivity index (χ4v) is 4.45. The van der Waals surface area contributed by atoms with Crippen molar-refractivity contribution in [1.29, 1.82) is 0 Å². The van der Waals surface area contributed by atoms with Crippen LogP contribution in [-0.2, 0) is 9.53 Å². The Kier molecular flexibility index (Phi) is 7.69. The highest BCUT2D eigenvalue weighted by Gasteiger charge is 2.26. The molecule has 1 aromatic heterocycles. The van der Waals surface area contributed by atoms with Crippen molar-refractivity contribution in [1.82, 2.24) is 15.3 Å². The van der Waals surface area contributed by atoms with Gasteiger partial charge in [0.1, 0.15) is 10.8 Å². The third-order valence-corrected chi connectivity index (χ3v) is 6.39. The molecular formula is C28H27ClN6O3. The minimum atomic E-state index is -0.357. The van der Waals surface area contributed by atoms with Crippen molar-refractivity contribution >= 4 is 57.1 Å². The van der Waals surface area contributed by atoms with E-state index in [-0.39, 0.29) is 18.0 Å². The fraction of sp³-hybridized carbons (Fsp3) is 0.179. The van der Waals surface area contributed by atoms with Crippen LogP contribution in [0.5, 0.6) is 5.75 Å². The first-order chi connectivity index (χ1) is 18.6. The van der Waals surface area contributed by atoms with Gasteiger partial charge in [0, 0.05) is 30.0 Å². The number of carbonyl (C=O) groups excluding carboxylic acids is 1. The lowest BCUT2D eigenvalue weighted by atomic mass is 10.0. The lowest BCUT2D eigenvalue weighted by Crippen LogP contribution is -2.34. The Balaban J connectivity index is 1.51. The highest BCUT2D eigenvalue weighted by Crippen LogP contribution is 2.41. The molecule has 1 unspecified atom stereocenters. The van der Waals surface area contributed by atoms with Gasteiger partial charge in [0.25, 0.3) is 0 Å². The Morgan fingerprint density at radius 2 is 2.03 bits per heavy atom. The van der Waals surface area contributed by atoms with Gasteiger partial charge in [-0.15, -0.1) is 0 Å². The highest BCUT2D eigenvalue weighted by molar-refractivity contribution is 6.33. The van der Waals surface area contributed by atoms with Gasteiger partial charge in [-0.05, 0) is 41.1 Å². The second kappa shape index (κ2) is 11.5. The van der Waals surface area contributed by atoms with Crippen LogP contribution < -0.4 is 26.0 Å². The Morgan fingerprint density at radius 1 is 1.18 bits per heavy atom. The number of anilines is 5. The number of hydrogen-bond acceptors (Lipinski definition) is 8. The number of methoxy groups -OCH3 is 1. The SMILES string of the molecule is C=CC(=O)Nc1ccc(OC)c(Nc2ncc(Cl)c(Nc3ccc4ccccc4c3)n2)c1C1CNCCO1. The molecule has 38 heavy (non-hydrogen) atoms. The summed E-state index contributed by atoms with van der Waals surface area (Å²) in [7, 11) is 1.57. The summed E-state index contributed by atoms with van der Waals surface area (Å²) in [6, 6.07) is 17.7. The lowest BCUT2D eigenvalue weighted by Gasteiger charge is -2.29. The number of carbonyl (C=O) groups is 1. The monoisotopic (exact) mass is 530 g/mol. The summed E-state index contributed by atoms with van der Waals surface area (Å²) >= 11 is 6.45. The lowest BCUT2D eigenvalue weighted by molar-refractivity contribution is -0.111. The van der Waals surface area contributed by atoms with Crippen molar-refractivity contribution < 1.29 is 14.3 Å². The van der Waals surface area contributed by atoms with Gasteiger partial charge in [-0.1, -0.05) is 48.5 Å². The zero-order valence-corrected chi connectivity index (χ0v) is 21.5. The molecule has 1 aliphatic rings. The molecule has 10 heteroatoms. The summed E-state index contributed by atoms with van der Waals surface area (Å²) in [5, 5.41) is 15.3. The number of benzene rings is 3. The molecule has 0 radical (unpaired) electrons. The first-order valence-corrected chi connectivity index (χ1v) is 12.5. The second-order valence-corrected chi connectivity index (χ2v) is 8.97. The van der Waals surface area contributed by atoms with Gasteiger partial charge < -0.3 is 30.7 Å². The number of halogens is 1. The van der Waals surface area contributed by atoms with E-state index in [0.29, 0.717) is 46.7 Å². The Morgan fingerprint density at radius 3 is 2.79 bits per heavy atom. The van der Waals surface area contributed by atoms with Gasteiger partial charge in [-0.25, -0.2) is 4.98 Å². The van der Waals surface area contributed by atoms with Crippen molar-refractivity contribution in [2.45, 2.75) is 6.10 Å². The number of ether oxygens (including phenoxy) is 2. The summed E-state index contributed by atoms with van der Waals surface area (Å²) in [4.78, 5) is 21.2. The number of hydrogen-bond donors (Lipinski definition) is 4. The van der Waals surface area contributed by atoms with Crippen LogP contribution in [0.2, 0.25) is 5.02 Å². The van der Waals surface area contributed by atoms with Crippen LogP contribution >= 0.6 is 11.6 Å². The van der Waals surface area contributed by atoms with Crippen LogP contribution in [0.1, 0.15) is 11.7 Å². The zero-order valence-electron chi connectivity index (χ0n) is 20.8. The van der Waals surface area contributed by atoms with Crippen LogP contribution in [0.25, 0.3) is 10.8 Å². The molecule has 4 N–H and O–H groups in total. The van der Waals surface area contributed by atoms with Crippen molar-refractivity contribution in [3.63, 3.8) is 0 Å². The van der Waals surface area contributed by atoms with E-state index in [1.165, 1.54) is 12.3 Å². The van der Waals surface area contributed by atoms with E-state index in [9.17, 15) is 4.79 Å². The average molecular weight is 531 g/mol. The van der Waals surface area contributed by atoms with E-state index in [4.69, 9.17) is 21.1 Å².